The molecule has 0 atom stereocenters. The van der Waals surface area contributed by atoms with E-state index in [0.717, 1.165) is 12.6 Å². The van der Waals surface area contributed by atoms with Crippen molar-refractivity contribution in [3.63, 3.8) is 0 Å². The van der Waals surface area contributed by atoms with Crippen LogP contribution in [0.1, 0.15) is 5.56 Å². The van der Waals surface area contributed by atoms with Gasteiger partial charge in [0.25, 0.3) is 0 Å². The predicted octanol–water partition coefficient (Wildman–Crippen LogP) is 4.93. The maximum Gasteiger partial charge on any atom is 0.418 e. The average molecular weight is 437 g/mol. The van der Waals surface area contributed by atoms with Gasteiger partial charge in [-0.2, -0.15) is 18.2 Å². The van der Waals surface area contributed by atoms with Crippen molar-refractivity contribution in [3.05, 3.63) is 59.4 Å². The second-order valence-electron chi connectivity index (χ2n) is 6.72. The van der Waals surface area contributed by atoms with Gasteiger partial charge >= 0.3 is 6.18 Å². The lowest BCUT2D eigenvalue weighted by Gasteiger charge is -2.17. The first kappa shape index (κ1) is 21.8. The van der Waals surface area contributed by atoms with Crippen LogP contribution in [-0.4, -0.2) is 47.0 Å². The average Bonchev–Trinajstić information content (AvgIpc) is 2.69. The number of alkyl halides is 3. The van der Waals surface area contributed by atoms with E-state index in [-0.39, 0.29) is 22.5 Å². The van der Waals surface area contributed by atoms with E-state index in [1.54, 1.807) is 30.6 Å². The molecule has 2 heterocycles. The van der Waals surface area contributed by atoms with E-state index in [2.05, 4.69) is 25.6 Å². The minimum Gasteiger partial charge on any atom is -0.353 e. The van der Waals surface area contributed by atoms with Crippen molar-refractivity contribution in [2.24, 2.45) is 0 Å². The standard InChI is InChI=1S/C20H20ClF3N6/c1-30(2)10-9-26-19-27-16(13-5-4-8-25-12-13)11-17(29-19)28-18-14(20(22,23)24)6-3-7-15(18)21/h3-8,11-12H,9-10H2,1-2H3,(H2,26,27,28,29). The monoisotopic (exact) mass is 436 g/mol. The third kappa shape index (κ3) is 5.58. The summed E-state index contributed by atoms with van der Waals surface area (Å²) in [4.78, 5) is 14.8. The molecule has 0 aliphatic rings. The lowest BCUT2D eigenvalue weighted by molar-refractivity contribution is -0.136. The summed E-state index contributed by atoms with van der Waals surface area (Å²) in [6.45, 7) is 1.29. The van der Waals surface area contributed by atoms with Gasteiger partial charge in [-0.3, -0.25) is 4.98 Å². The van der Waals surface area contributed by atoms with Crippen molar-refractivity contribution in [1.82, 2.24) is 19.9 Å². The van der Waals surface area contributed by atoms with Gasteiger partial charge in [0, 0.05) is 37.1 Å². The smallest absolute Gasteiger partial charge is 0.353 e. The second-order valence-corrected chi connectivity index (χ2v) is 7.13. The molecule has 2 N–H and O–H groups in total. The molecule has 3 rings (SSSR count). The number of hydrogen-bond acceptors (Lipinski definition) is 6. The fourth-order valence-electron chi connectivity index (χ4n) is 2.66. The maximum absolute atomic E-state index is 13.4. The zero-order valence-electron chi connectivity index (χ0n) is 16.3. The number of nitrogens with zero attached hydrogens (tertiary/aromatic N) is 4. The van der Waals surface area contributed by atoms with Crippen LogP contribution in [0.2, 0.25) is 5.02 Å². The summed E-state index contributed by atoms with van der Waals surface area (Å²) in [5, 5.41) is 5.75. The van der Waals surface area contributed by atoms with Crippen molar-refractivity contribution in [2.45, 2.75) is 6.18 Å². The van der Waals surface area contributed by atoms with E-state index in [0.29, 0.717) is 17.8 Å². The highest BCUT2D eigenvalue weighted by Gasteiger charge is 2.34. The highest BCUT2D eigenvalue weighted by atomic mass is 35.5. The minimum absolute atomic E-state index is 0.0616. The molecule has 10 heteroatoms. The number of aromatic nitrogens is 3. The van der Waals surface area contributed by atoms with Gasteiger partial charge in [-0.25, -0.2) is 4.98 Å². The first-order chi connectivity index (χ1) is 14.2. The molecule has 0 spiro atoms. The third-order valence-electron chi connectivity index (χ3n) is 4.10. The van der Waals surface area contributed by atoms with E-state index in [9.17, 15) is 13.2 Å². The highest BCUT2D eigenvalue weighted by Crippen LogP contribution is 2.39. The highest BCUT2D eigenvalue weighted by molar-refractivity contribution is 6.33. The number of benzene rings is 1. The van der Waals surface area contributed by atoms with Crippen LogP contribution in [0, 0.1) is 0 Å². The first-order valence-electron chi connectivity index (χ1n) is 9.05. The SMILES string of the molecule is CN(C)CCNc1nc(Nc2c(Cl)cccc2C(F)(F)F)cc(-c2cccnc2)n1. The fourth-order valence-corrected chi connectivity index (χ4v) is 2.88. The zero-order chi connectivity index (χ0) is 21.7. The van der Waals surface area contributed by atoms with E-state index in [1.165, 1.54) is 12.1 Å². The van der Waals surface area contributed by atoms with Crippen molar-refractivity contribution in [2.75, 3.05) is 37.8 Å². The molecule has 1 aromatic carbocycles. The Balaban J connectivity index is 2.00. The molecule has 0 fully saturated rings. The van der Waals surface area contributed by atoms with Gasteiger partial charge in [-0.05, 0) is 38.4 Å². The van der Waals surface area contributed by atoms with Gasteiger partial charge in [0.05, 0.1) is 22.0 Å². The largest absolute Gasteiger partial charge is 0.418 e. The molecule has 158 valence electrons. The number of halogens is 4. The predicted molar refractivity (Wildman–Crippen MR) is 112 cm³/mol. The molecule has 0 aliphatic heterocycles. The van der Waals surface area contributed by atoms with Gasteiger partial charge < -0.3 is 15.5 Å². The van der Waals surface area contributed by atoms with E-state index >= 15 is 0 Å². The number of para-hydroxylation sites is 1. The third-order valence-corrected chi connectivity index (χ3v) is 4.41. The Hall–Kier alpha value is -2.91. The first-order valence-corrected chi connectivity index (χ1v) is 9.42. The lowest BCUT2D eigenvalue weighted by atomic mass is 10.1. The van der Waals surface area contributed by atoms with Crippen LogP contribution < -0.4 is 10.6 Å². The Morgan fingerprint density at radius 2 is 1.90 bits per heavy atom. The normalized spacial score (nSPS) is 11.6. The van der Waals surface area contributed by atoms with E-state index < -0.39 is 11.7 Å². The molecule has 30 heavy (non-hydrogen) atoms. The van der Waals surface area contributed by atoms with Gasteiger partial charge in [-0.15, -0.1) is 0 Å². The van der Waals surface area contributed by atoms with Crippen LogP contribution >= 0.6 is 11.6 Å². The van der Waals surface area contributed by atoms with Gasteiger partial charge in [0.2, 0.25) is 5.95 Å². The molecule has 0 radical (unpaired) electrons. The Morgan fingerprint density at radius 3 is 2.57 bits per heavy atom. The number of pyridine rings is 1. The van der Waals surface area contributed by atoms with Gasteiger partial charge in [-0.1, -0.05) is 17.7 Å². The molecule has 0 aliphatic carbocycles. The molecule has 2 aromatic heterocycles. The topological polar surface area (TPSA) is 66.0 Å². The minimum atomic E-state index is -4.57. The lowest BCUT2D eigenvalue weighted by Crippen LogP contribution is -2.21. The Bertz CT molecular complexity index is 996. The molecular formula is C20H20ClF3N6. The molecule has 0 saturated heterocycles. The number of hydrogen-bond donors (Lipinski definition) is 2. The number of likely N-dealkylation sites (N-methyl/N-ethyl adjacent to an activating group) is 1. The molecule has 0 bridgehead atoms. The Labute approximate surface area is 177 Å². The Kier molecular flexibility index (Phi) is 6.73. The number of anilines is 3. The van der Waals surface area contributed by atoms with Crippen LogP contribution in [-0.2, 0) is 6.18 Å². The molecule has 3 aromatic rings. The van der Waals surface area contributed by atoms with Gasteiger partial charge in [0.1, 0.15) is 5.82 Å². The number of rotatable bonds is 7. The summed E-state index contributed by atoms with van der Waals surface area (Å²) in [6, 6.07) is 8.72. The summed E-state index contributed by atoms with van der Waals surface area (Å²) in [7, 11) is 3.86. The van der Waals surface area contributed by atoms with Crippen LogP contribution in [0.4, 0.5) is 30.6 Å². The van der Waals surface area contributed by atoms with E-state index in [4.69, 9.17) is 11.6 Å². The Morgan fingerprint density at radius 1 is 1.10 bits per heavy atom. The van der Waals surface area contributed by atoms with Crippen LogP contribution in [0.5, 0.6) is 0 Å². The van der Waals surface area contributed by atoms with Crippen molar-refractivity contribution in [1.29, 1.82) is 0 Å². The van der Waals surface area contributed by atoms with Crippen LogP contribution in [0.15, 0.2) is 48.8 Å². The number of nitrogens with one attached hydrogen (secondary N) is 2. The zero-order valence-corrected chi connectivity index (χ0v) is 17.1. The molecule has 6 nitrogen and oxygen atoms in total. The summed E-state index contributed by atoms with van der Waals surface area (Å²) in [5.74, 6) is 0.455. The molecule has 0 saturated carbocycles. The fraction of sp³-hybridized carbons (Fsp3) is 0.250. The van der Waals surface area contributed by atoms with Crippen molar-refractivity contribution < 1.29 is 13.2 Å². The second kappa shape index (κ2) is 9.27. The summed E-state index contributed by atoms with van der Waals surface area (Å²) < 4.78 is 40.3. The molecular weight excluding hydrogens is 417 g/mol. The van der Waals surface area contributed by atoms with Crippen LogP contribution in [0.3, 0.4) is 0 Å². The van der Waals surface area contributed by atoms with Gasteiger partial charge in [0.15, 0.2) is 0 Å². The quantitative estimate of drug-likeness (QED) is 0.547. The summed E-state index contributed by atoms with van der Waals surface area (Å²) in [5.41, 5.74) is 0.0720. The van der Waals surface area contributed by atoms with Crippen LogP contribution in [0.25, 0.3) is 11.3 Å². The summed E-state index contributed by atoms with van der Waals surface area (Å²) in [6.07, 6.45) is -1.33. The van der Waals surface area contributed by atoms with E-state index in [1.807, 2.05) is 19.0 Å². The molecule has 0 amide bonds. The summed E-state index contributed by atoms with van der Waals surface area (Å²) >= 11 is 6.06. The van der Waals surface area contributed by atoms with Crippen molar-refractivity contribution >= 4 is 29.1 Å². The maximum atomic E-state index is 13.4. The van der Waals surface area contributed by atoms with Crippen molar-refractivity contribution in [3.8, 4) is 11.3 Å². The molecule has 0 unspecified atom stereocenters.